The third-order valence-electron chi connectivity index (χ3n) is 3.70. The molecular weight excluding hydrogens is 218 g/mol. The molecule has 3 rings (SSSR count). The Morgan fingerprint density at radius 2 is 2.50 bits per heavy atom. The summed E-state index contributed by atoms with van der Waals surface area (Å²) in [6.45, 7) is 4.52. The Labute approximate surface area is 100 Å². The van der Waals surface area contributed by atoms with Crippen LogP contribution in [0.4, 0.5) is 5.13 Å². The fourth-order valence-electron chi connectivity index (χ4n) is 2.80. The van der Waals surface area contributed by atoms with E-state index in [1.54, 1.807) is 0 Å². The van der Waals surface area contributed by atoms with Gasteiger partial charge in [-0.3, -0.25) is 4.90 Å². The van der Waals surface area contributed by atoms with Crippen molar-refractivity contribution in [1.29, 1.82) is 0 Å². The van der Waals surface area contributed by atoms with E-state index >= 15 is 0 Å². The number of hydrogen-bond donors (Lipinski definition) is 1. The van der Waals surface area contributed by atoms with Gasteiger partial charge in [-0.15, -0.1) is 17.9 Å². The van der Waals surface area contributed by atoms with Crippen LogP contribution in [-0.2, 0) is 6.42 Å². The van der Waals surface area contributed by atoms with Crippen LogP contribution < -0.4 is 5.32 Å². The van der Waals surface area contributed by atoms with E-state index in [2.05, 4.69) is 23.8 Å². The van der Waals surface area contributed by atoms with E-state index in [4.69, 9.17) is 4.98 Å². The summed E-state index contributed by atoms with van der Waals surface area (Å²) in [5.74, 6) is 0. The van der Waals surface area contributed by atoms with E-state index in [1.165, 1.54) is 23.4 Å². The standard InChI is InChI=1S/C12H17N3S/c1-3-6-13-12-14-9-7-8-4-5-10(15(8)2)11(9)16-12/h3,8,10H,1,4-7H2,2H3,(H,13,14). The third kappa shape index (κ3) is 1.48. The van der Waals surface area contributed by atoms with Gasteiger partial charge in [0, 0.05) is 29.9 Å². The van der Waals surface area contributed by atoms with E-state index in [-0.39, 0.29) is 0 Å². The number of nitrogens with zero attached hydrogens (tertiary/aromatic N) is 2. The first-order chi connectivity index (χ1) is 7.79. The molecule has 2 aliphatic rings. The van der Waals surface area contributed by atoms with Crippen molar-refractivity contribution in [2.75, 3.05) is 18.9 Å². The number of rotatable bonds is 3. The number of thiazole rings is 1. The van der Waals surface area contributed by atoms with Gasteiger partial charge in [-0.05, 0) is 19.9 Å². The first-order valence-corrected chi connectivity index (χ1v) is 6.67. The second-order valence-electron chi connectivity index (χ2n) is 4.62. The number of hydrogen-bond acceptors (Lipinski definition) is 4. The highest BCUT2D eigenvalue weighted by Gasteiger charge is 2.39. The highest BCUT2D eigenvalue weighted by atomic mass is 32.1. The second kappa shape index (κ2) is 3.86. The van der Waals surface area contributed by atoms with Gasteiger partial charge in [0.2, 0.25) is 0 Å². The first-order valence-electron chi connectivity index (χ1n) is 5.86. The molecule has 16 heavy (non-hydrogen) atoms. The highest BCUT2D eigenvalue weighted by Crippen LogP contribution is 2.45. The molecule has 0 aromatic carbocycles. The molecule has 2 aliphatic heterocycles. The lowest BCUT2D eigenvalue weighted by Crippen LogP contribution is -2.33. The van der Waals surface area contributed by atoms with Crippen LogP contribution >= 0.6 is 11.3 Å². The smallest absolute Gasteiger partial charge is 0.183 e. The zero-order valence-corrected chi connectivity index (χ0v) is 10.4. The van der Waals surface area contributed by atoms with Gasteiger partial charge in [0.15, 0.2) is 5.13 Å². The number of fused-ring (bicyclic) bond motifs is 4. The minimum Gasteiger partial charge on any atom is -0.358 e. The lowest BCUT2D eigenvalue weighted by molar-refractivity contribution is 0.226. The van der Waals surface area contributed by atoms with E-state index < -0.39 is 0 Å². The van der Waals surface area contributed by atoms with Gasteiger partial charge in [0.25, 0.3) is 0 Å². The molecule has 0 radical (unpaired) electrons. The van der Waals surface area contributed by atoms with E-state index in [0.717, 1.165) is 24.1 Å². The van der Waals surface area contributed by atoms with E-state index in [1.807, 2.05) is 17.4 Å². The predicted molar refractivity (Wildman–Crippen MR) is 68.0 cm³/mol. The molecule has 2 bridgehead atoms. The molecule has 1 aromatic rings. The second-order valence-corrected chi connectivity index (χ2v) is 5.65. The maximum absolute atomic E-state index is 4.70. The predicted octanol–water partition coefficient (Wildman–Crippen LogP) is 2.43. The molecule has 1 saturated heterocycles. The maximum Gasteiger partial charge on any atom is 0.183 e. The molecule has 3 heterocycles. The Balaban J connectivity index is 1.88. The summed E-state index contributed by atoms with van der Waals surface area (Å²) in [5, 5.41) is 4.36. The van der Waals surface area contributed by atoms with Crippen LogP contribution in [0.3, 0.4) is 0 Å². The molecule has 0 aliphatic carbocycles. The summed E-state index contributed by atoms with van der Waals surface area (Å²) in [5.41, 5.74) is 1.34. The summed E-state index contributed by atoms with van der Waals surface area (Å²) < 4.78 is 0. The van der Waals surface area contributed by atoms with E-state index in [9.17, 15) is 0 Å². The monoisotopic (exact) mass is 235 g/mol. The Morgan fingerprint density at radius 3 is 3.31 bits per heavy atom. The average Bonchev–Trinajstić information content (AvgIpc) is 2.78. The van der Waals surface area contributed by atoms with E-state index in [0.29, 0.717) is 6.04 Å². The molecule has 2 atom stereocenters. The molecular formula is C12H17N3S. The summed E-state index contributed by atoms with van der Waals surface area (Å²) in [7, 11) is 2.25. The molecule has 86 valence electrons. The maximum atomic E-state index is 4.70. The molecule has 4 heteroatoms. The fraction of sp³-hybridized carbons (Fsp3) is 0.583. The van der Waals surface area contributed by atoms with Crippen molar-refractivity contribution in [2.45, 2.75) is 31.3 Å². The molecule has 1 aromatic heterocycles. The molecule has 2 unspecified atom stereocenters. The van der Waals surface area contributed by atoms with Gasteiger partial charge in [0.1, 0.15) is 0 Å². The van der Waals surface area contributed by atoms with Gasteiger partial charge >= 0.3 is 0 Å². The van der Waals surface area contributed by atoms with Crippen LogP contribution in [0.5, 0.6) is 0 Å². The topological polar surface area (TPSA) is 28.2 Å². The Kier molecular flexibility index (Phi) is 2.48. The van der Waals surface area contributed by atoms with Crippen LogP contribution in [0.25, 0.3) is 0 Å². The molecule has 3 nitrogen and oxygen atoms in total. The van der Waals surface area contributed by atoms with Gasteiger partial charge < -0.3 is 5.32 Å². The van der Waals surface area contributed by atoms with Crippen LogP contribution in [0.2, 0.25) is 0 Å². The lowest BCUT2D eigenvalue weighted by atomic mass is 10.1. The summed E-state index contributed by atoms with van der Waals surface area (Å²) in [6.07, 6.45) is 5.64. The highest BCUT2D eigenvalue weighted by molar-refractivity contribution is 7.15. The number of nitrogens with one attached hydrogen (secondary N) is 1. The fourth-order valence-corrected chi connectivity index (χ4v) is 3.99. The molecule has 1 N–H and O–H groups in total. The van der Waals surface area contributed by atoms with Gasteiger partial charge in [-0.2, -0.15) is 0 Å². The molecule has 0 saturated carbocycles. The third-order valence-corrected chi connectivity index (χ3v) is 4.85. The van der Waals surface area contributed by atoms with Crippen molar-refractivity contribution < 1.29 is 0 Å². The van der Waals surface area contributed by atoms with Crippen LogP contribution in [0.15, 0.2) is 12.7 Å². The van der Waals surface area contributed by atoms with Crippen molar-refractivity contribution in [2.24, 2.45) is 0 Å². The number of likely N-dealkylation sites (N-methyl/N-ethyl adjacent to an activating group) is 1. The Morgan fingerprint density at radius 1 is 1.62 bits per heavy atom. The molecule has 1 fully saturated rings. The minimum atomic E-state index is 0.630. The lowest BCUT2D eigenvalue weighted by Gasteiger charge is -2.29. The van der Waals surface area contributed by atoms with Gasteiger partial charge in [0.05, 0.1) is 5.69 Å². The largest absolute Gasteiger partial charge is 0.358 e. The van der Waals surface area contributed by atoms with Crippen molar-refractivity contribution in [1.82, 2.24) is 9.88 Å². The van der Waals surface area contributed by atoms with Crippen molar-refractivity contribution in [3.05, 3.63) is 23.2 Å². The summed E-state index contributed by atoms with van der Waals surface area (Å²) in [4.78, 5) is 8.71. The summed E-state index contributed by atoms with van der Waals surface area (Å²) in [6, 6.07) is 1.36. The van der Waals surface area contributed by atoms with Crippen LogP contribution in [0.1, 0.15) is 29.5 Å². The average molecular weight is 235 g/mol. The SMILES string of the molecule is C=CCNc1nc2c(s1)C1CCC(C2)N1C. The molecule has 0 amide bonds. The van der Waals surface area contributed by atoms with Gasteiger partial charge in [-0.1, -0.05) is 6.08 Å². The Bertz CT molecular complexity index is 412. The van der Waals surface area contributed by atoms with Crippen molar-refractivity contribution in [3.8, 4) is 0 Å². The van der Waals surface area contributed by atoms with Gasteiger partial charge in [-0.25, -0.2) is 4.98 Å². The molecule has 0 spiro atoms. The minimum absolute atomic E-state index is 0.630. The first kappa shape index (κ1) is 10.3. The van der Waals surface area contributed by atoms with Crippen molar-refractivity contribution in [3.63, 3.8) is 0 Å². The Hall–Kier alpha value is -0.870. The normalized spacial score (nSPS) is 27.8. The quantitative estimate of drug-likeness (QED) is 0.816. The van der Waals surface area contributed by atoms with Crippen molar-refractivity contribution >= 4 is 16.5 Å². The number of aromatic nitrogens is 1. The number of anilines is 1. The zero-order valence-electron chi connectivity index (χ0n) is 9.57. The van der Waals surface area contributed by atoms with Crippen LogP contribution in [0, 0.1) is 0 Å². The zero-order chi connectivity index (χ0) is 11.1. The summed E-state index contributed by atoms with van der Waals surface area (Å²) >= 11 is 1.83. The van der Waals surface area contributed by atoms with Crippen LogP contribution in [-0.4, -0.2) is 29.5 Å².